The Bertz CT molecular complexity index is 505. The topological polar surface area (TPSA) is 43.8 Å². The summed E-state index contributed by atoms with van der Waals surface area (Å²) in [5.74, 6) is 0.675. The average Bonchev–Trinajstić information content (AvgIpc) is 2.63. The van der Waals surface area contributed by atoms with Gasteiger partial charge in [-0.25, -0.2) is 9.37 Å². The van der Waals surface area contributed by atoms with Gasteiger partial charge in [0.1, 0.15) is 11.6 Å². The van der Waals surface area contributed by atoms with Gasteiger partial charge in [-0.05, 0) is 18.2 Å². The molecule has 0 atom stereocenters. The number of aromatic nitrogens is 2. The highest BCUT2D eigenvalue weighted by molar-refractivity contribution is 5.22. The molecule has 2 rings (SSSR count). The molecule has 0 aliphatic heterocycles. The van der Waals surface area contributed by atoms with Crippen LogP contribution in [-0.2, 0) is 19.9 Å². The van der Waals surface area contributed by atoms with E-state index in [1.165, 1.54) is 6.07 Å². The monoisotopic (exact) mass is 233 g/mol. The predicted octanol–water partition coefficient (Wildman–Crippen LogP) is 1.65. The summed E-state index contributed by atoms with van der Waals surface area (Å²) in [4.78, 5) is 4.45. The molecule has 0 spiro atoms. The molecule has 0 saturated carbocycles. The Kier molecular flexibility index (Phi) is 3.54. The van der Waals surface area contributed by atoms with E-state index in [1.54, 1.807) is 12.1 Å². The number of nitrogens with two attached hydrogens (primary N) is 1. The predicted molar refractivity (Wildman–Crippen MR) is 65.2 cm³/mol. The highest BCUT2D eigenvalue weighted by Gasteiger charge is 2.08. The SMILES string of the molecule is Cn1cc(CCN)nc1Cc1ccccc1F. The number of nitrogens with zero attached hydrogens (tertiary/aromatic N) is 2. The lowest BCUT2D eigenvalue weighted by atomic mass is 10.1. The maximum absolute atomic E-state index is 13.5. The minimum atomic E-state index is -0.184. The van der Waals surface area contributed by atoms with Gasteiger partial charge in [0, 0.05) is 26.1 Å². The number of halogens is 1. The van der Waals surface area contributed by atoms with Crippen molar-refractivity contribution in [1.82, 2.24) is 9.55 Å². The summed E-state index contributed by atoms with van der Waals surface area (Å²) in [5.41, 5.74) is 7.11. The van der Waals surface area contributed by atoms with Gasteiger partial charge in [-0.3, -0.25) is 0 Å². The molecule has 4 heteroatoms. The summed E-state index contributed by atoms with van der Waals surface area (Å²) >= 11 is 0. The van der Waals surface area contributed by atoms with Gasteiger partial charge in [0.25, 0.3) is 0 Å². The minimum Gasteiger partial charge on any atom is -0.337 e. The van der Waals surface area contributed by atoms with E-state index in [4.69, 9.17) is 5.73 Å². The van der Waals surface area contributed by atoms with Crippen LogP contribution in [0.4, 0.5) is 4.39 Å². The van der Waals surface area contributed by atoms with Crippen LogP contribution < -0.4 is 5.73 Å². The van der Waals surface area contributed by atoms with Crippen LogP contribution in [0.25, 0.3) is 0 Å². The van der Waals surface area contributed by atoms with Crippen LogP contribution in [0, 0.1) is 5.82 Å². The van der Waals surface area contributed by atoms with Crippen LogP contribution in [0.1, 0.15) is 17.1 Å². The Morgan fingerprint density at radius 1 is 1.35 bits per heavy atom. The molecule has 0 saturated heterocycles. The largest absolute Gasteiger partial charge is 0.337 e. The van der Waals surface area contributed by atoms with Crippen molar-refractivity contribution < 1.29 is 4.39 Å². The van der Waals surface area contributed by atoms with Crippen LogP contribution in [0.2, 0.25) is 0 Å². The summed E-state index contributed by atoms with van der Waals surface area (Å²) in [5, 5.41) is 0. The van der Waals surface area contributed by atoms with E-state index in [1.807, 2.05) is 23.9 Å². The van der Waals surface area contributed by atoms with Crippen LogP contribution in [-0.4, -0.2) is 16.1 Å². The molecule has 17 heavy (non-hydrogen) atoms. The molecule has 0 unspecified atom stereocenters. The Hall–Kier alpha value is -1.68. The molecule has 2 N–H and O–H groups in total. The first-order valence-corrected chi connectivity index (χ1v) is 5.65. The highest BCUT2D eigenvalue weighted by Crippen LogP contribution is 2.12. The van der Waals surface area contributed by atoms with Crippen molar-refractivity contribution >= 4 is 0 Å². The quantitative estimate of drug-likeness (QED) is 0.872. The molecule has 3 nitrogen and oxygen atoms in total. The molecule has 0 radical (unpaired) electrons. The minimum absolute atomic E-state index is 0.184. The Morgan fingerprint density at radius 2 is 2.12 bits per heavy atom. The second-order valence-electron chi connectivity index (χ2n) is 4.07. The molecule has 1 aromatic carbocycles. The first-order valence-electron chi connectivity index (χ1n) is 5.65. The number of rotatable bonds is 4. The fourth-order valence-corrected chi connectivity index (χ4v) is 1.82. The zero-order valence-electron chi connectivity index (χ0n) is 9.86. The molecule has 1 aromatic heterocycles. The van der Waals surface area contributed by atoms with Crippen LogP contribution in [0.15, 0.2) is 30.5 Å². The number of benzene rings is 1. The second-order valence-corrected chi connectivity index (χ2v) is 4.07. The molecular formula is C13H16FN3. The van der Waals surface area contributed by atoms with Gasteiger partial charge >= 0.3 is 0 Å². The lowest BCUT2D eigenvalue weighted by molar-refractivity contribution is 0.610. The molecule has 0 bridgehead atoms. The molecule has 0 amide bonds. The van der Waals surface area contributed by atoms with E-state index < -0.39 is 0 Å². The number of hydrogen-bond acceptors (Lipinski definition) is 2. The van der Waals surface area contributed by atoms with Gasteiger partial charge in [-0.2, -0.15) is 0 Å². The normalized spacial score (nSPS) is 10.8. The van der Waals surface area contributed by atoms with E-state index >= 15 is 0 Å². The summed E-state index contributed by atoms with van der Waals surface area (Å²) in [6.45, 7) is 0.580. The first-order chi connectivity index (χ1) is 8.20. The number of aryl methyl sites for hydroxylation is 1. The van der Waals surface area contributed by atoms with Crippen molar-refractivity contribution in [2.45, 2.75) is 12.8 Å². The molecule has 2 aromatic rings. The second kappa shape index (κ2) is 5.10. The summed E-state index contributed by atoms with van der Waals surface area (Å²) in [6, 6.07) is 6.78. The van der Waals surface area contributed by atoms with Crippen molar-refractivity contribution in [2.75, 3.05) is 6.54 Å². The van der Waals surface area contributed by atoms with E-state index in [-0.39, 0.29) is 5.82 Å². The Balaban J connectivity index is 2.21. The third kappa shape index (κ3) is 2.71. The van der Waals surface area contributed by atoms with Crippen molar-refractivity contribution in [1.29, 1.82) is 0 Å². The lowest BCUT2D eigenvalue weighted by Gasteiger charge is -2.02. The zero-order valence-corrected chi connectivity index (χ0v) is 9.86. The maximum Gasteiger partial charge on any atom is 0.126 e. The maximum atomic E-state index is 13.5. The van der Waals surface area contributed by atoms with Crippen molar-refractivity contribution in [3.8, 4) is 0 Å². The zero-order chi connectivity index (χ0) is 12.3. The van der Waals surface area contributed by atoms with Crippen molar-refractivity contribution in [2.24, 2.45) is 12.8 Å². The highest BCUT2D eigenvalue weighted by atomic mass is 19.1. The van der Waals surface area contributed by atoms with Gasteiger partial charge in [-0.15, -0.1) is 0 Å². The molecule has 0 aliphatic carbocycles. The Labute approximate surface area is 100 Å². The molecule has 90 valence electrons. The molecular weight excluding hydrogens is 217 g/mol. The lowest BCUT2D eigenvalue weighted by Crippen LogP contribution is -2.03. The fraction of sp³-hybridized carbons (Fsp3) is 0.308. The van der Waals surface area contributed by atoms with E-state index in [0.29, 0.717) is 18.5 Å². The fourth-order valence-electron chi connectivity index (χ4n) is 1.82. The standard InChI is InChI=1S/C13H16FN3/c1-17-9-11(6-7-15)16-13(17)8-10-4-2-3-5-12(10)14/h2-5,9H,6-8,15H2,1H3. The van der Waals surface area contributed by atoms with Crippen LogP contribution >= 0.6 is 0 Å². The Morgan fingerprint density at radius 3 is 2.82 bits per heavy atom. The summed E-state index contributed by atoms with van der Waals surface area (Å²) in [6.07, 6.45) is 3.21. The van der Waals surface area contributed by atoms with Crippen molar-refractivity contribution in [3.05, 3.63) is 53.4 Å². The molecule has 1 heterocycles. The van der Waals surface area contributed by atoms with E-state index in [0.717, 1.165) is 17.9 Å². The van der Waals surface area contributed by atoms with Gasteiger partial charge in [0.2, 0.25) is 0 Å². The third-order valence-electron chi connectivity index (χ3n) is 2.73. The van der Waals surface area contributed by atoms with Crippen molar-refractivity contribution in [3.63, 3.8) is 0 Å². The van der Waals surface area contributed by atoms with Gasteiger partial charge in [-0.1, -0.05) is 18.2 Å². The summed E-state index contributed by atoms with van der Waals surface area (Å²) < 4.78 is 15.4. The van der Waals surface area contributed by atoms with E-state index in [9.17, 15) is 4.39 Å². The van der Waals surface area contributed by atoms with Gasteiger partial charge < -0.3 is 10.3 Å². The smallest absolute Gasteiger partial charge is 0.126 e. The third-order valence-corrected chi connectivity index (χ3v) is 2.73. The van der Waals surface area contributed by atoms with Crippen LogP contribution in [0.5, 0.6) is 0 Å². The number of hydrogen-bond donors (Lipinski definition) is 1. The van der Waals surface area contributed by atoms with E-state index in [2.05, 4.69) is 4.98 Å². The van der Waals surface area contributed by atoms with Crippen LogP contribution in [0.3, 0.4) is 0 Å². The number of imidazole rings is 1. The van der Waals surface area contributed by atoms with Gasteiger partial charge in [0.05, 0.1) is 5.69 Å². The first kappa shape index (κ1) is 11.8. The average molecular weight is 233 g/mol. The molecule has 0 fully saturated rings. The molecule has 0 aliphatic rings. The summed E-state index contributed by atoms with van der Waals surface area (Å²) in [7, 11) is 1.92. The van der Waals surface area contributed by atoms with Gasteiger partial charge in [0.15, 0.2) is 0 Å².